The van der Waals surface area contributed by atoms with Gasteiger partial charge in [0.25, 0.3) is 0 Å². The van der Waals surface area contributed by atoms with Crippen molar-refractivity contribution < 1.29 is 5.11 Å². The van der Waals surface area contributed by atoms with Crippen LogP contribution in [0.1, 0.15) is 24.8 Å². The average Bonchev–Trinajstić information content (AvgIpc) is 2.70. The van der Waals surface area contributed by atoms with Crippen LogP contribution >= 0.6 is 0 Å². The molecule has 0 bridgehead atoms. The summed E-state index contributed by atoms with van der Waals surface area (Å²) >= 11 is 0. The number of aliphatic hydroxyl groups is 1. The van der Waals surface area contributed by atoms with E-state index in [1.165, 1.54) is 24.0 Å². The normalized spacial score (nSPS) is 27.2. The number of hydrogen-bond acceptors (Lipinski definition) is 4. The van der Waals surface area contributed by atoms with Gasteiger partial charge < -0.3 is 10.0 Å². The zero-order valence-electron chi connectivity index (χ0n) is 15.6. The lowest BCUT2D eigenvalue weighted by atomic mass is 9.69. The van der Waals surface area contributed by atoms with E-state index in [1.54, 1.807) is 0 Å². The molecule has 138 valence electrons. The summed E-state index contributed by atoms with van der Waals surface area (Å²) in [6, 6.07) is 13.4. The second-order valence-electron chi connectivity index (χ2n) is 8.04. The van der Waals surface area contributed by atoms with E-state index in [4.69, 9.17) is 0 Å². The molecular formula is C22H29N3O. The maximum Gasteiger partial charge on any atom is 0.0503 e. The highest BCUT2D eigenvalue weighted by Crippen LogP contribution is 2.41. The molecule has 2 aromatic rings. The molecule has 0 unspecified atom stereocenters. The molecular weight excluding hydrogens is 322 g/mol. The molecule has 2 aliphatic heterocycles. The number of benzene rings is 1. The molecule has 0 amide bonds. The second-order valence-corrected chi connectivity index (χ2v) is 8.04. The summed E-state index contributed by atoms with van der Waals surface area (Å²) < 4.78 is 0. The Hall–Kier alpha value is -1.75. The number of nitrogens with zero attached hydrogens (tertiary/aromatic N) is 3. The van der Waals surface area contributed by atoms with Crippen LogP contribution in [0.4, 0.5) is 0 Å². The number of rotatable bonds is 4. The fraction of sp³-hybridized carbons (Fsp3) is 0.500. The van der Waals surface area contributed by atoms with Crippen molar-refractivity contribution in [3.63, 3.8) is 0 Å². The fourth-order valence-electron chi connectivity index (χ4n) is 4.81. The topological polar surface area (TPSA) is 39.6 Å². The Kier molecular flexibility index (Phi) is 5.07. The molecule has 2 saturated heterocycles. The molecule has 26 heavy (non-hydrogen) atoms. The minimum atomic E-state index is 0.119. The Balaban J connectivity index is 1.43. The number of likely N-dealkylation sites (N-methyl/N-ethyl adjacent to an activating group) is 1. The highest BCUT2D eigenvalue weighted by molar-refractivity contribution is 5.62. The summed E-state index contributed by atoms with van der Waals surface area (Å²) in [6.07, 6.45) is 7.21. The zero-order chi connectivity index (χ0) is 18.0. The number of piperidine rings is 2. The van der Waals surface area contributed by atoms with E-state index in [0.29, 0.717) is 12.6 Å². The molecule has 2 atom stereocenters. The summed E-state index contributed by atoms with van der Waals surface area (Å²) in [5.41, 5.74) is 3.85. The smallest absolute Gasteiger partial charge is 0.0503 e. The minimum Gasteiger partial charge on any atom is -0.396 e. The maximum atomic E-state index is 10.1. The fourth-order valence-corrected chi connectivity index (χ4v) is 4.81. The molecule has 0 saturated carbocycles. The van der Waals surface area contributed by atoms with Crippen LogP contribution in [0.25, 0.3) is 11.1 Å². The lowest BCUT2D eigenvalue weighted by molar-refractivity contribution is -0.0684. The predicted molar refractivity (Wildman–Crippen MR) is 105 cm³/mol. The number of aliphatic hydroxyl groups excluding tert-OH is 1. The quantitative estimate of drug-likeness (QED) is 0.919. The first-order valence-corrected chi connectivity index (χ1v) is 9.73. The van der Waals surface area contributed by atoms with E-state index >= 15 is 0 Å². The van der Waals surface area contributed by atoms with Crippen molar-refractivity contribution >= 4 is 0 Å². The molecule has 2 fully saturated rings. The Morgan fingerprint density at radius 3 is 2.69 bits per heavy atom. The molecule has 0 aliphatic carbocycles. The molecule has 4 nitrogen and oxygen atoms in total. The summed E-state index contributed by atoms with van der Waals surface area (Å²) in [5, 5.41) is 10.1. The van der Waals surface area contributed by atoms with Crippen LogP contribution in [0, 0.1) is 5.41 Å². The molecule has 3 heterocycles. The van der Waals surface area contributed by atoms with Gasteiger partial charge in [-0.3, -0.25) is 9.88 Å². The summed E-state index contributed by atoms with van der Waals surface area (Å²) in [7, 11) is 2.22. The van der Waals surface area contributed by atoms with Gasteiger partial charge in [-0.15, -0.1) is 0 Å². The number of aromatic nitrogens is 1. The number of fused-ring (bicyclic) bond motifs is 1. The van der Waals surface area contributed by atoms with Gasteiger partial charge in [-0.2, -0.15) is 0 Å². The third-order valence-electron chi connectivity index (χ3n) is 6.45. The summed E-state index contributed by atoms with van der Waals surface area (Å²) in [4.78, 5) is 9.23. The molecule has 1 N–H and O–H groups in total. The van der Waals surface area contributed by atoms with Gasteiger partial charge in [0.05, 0.1) is 6.61 Å². The van der Waals surface area contributed by atoms with E-state index in [1.807, 2.05) is 18.5 Å². The first-order valence-electron chi connectivity index (χ1n) is 9.73. The van der Waals surface area contributed by atoms with E-state index in [9.17, 15) is 5.11 Å². The van der Waals surface area contributed by atoms with Crippen LogP contribution in [0.3, 0.4) is 0 Å². The Morgan fingerprint density at radius 2 is 1.96 bits per heavy atom. The van der Waals surface area contributed by atoms with Gasteiger partial charge in [-0.25, -0.2) is 0 Å². The van der Waals surface area contributed by atoms with Crippen LogP contribution in [-0.2, 0) is 6.54 Å². The second kappa shape index (κ2) is 7.47. The summed E-state index contributed by atoms with van der Waals surface area (Å²) in [5.74, 6) is 0. The third kappa shape index (κ3) is 3.41. The molecule has 4 heteroatoms. The number of pyridine rings is 1. The first kappa shape index (κ1) is 17.7. The van der Waals surface area contributed by atoms with Gasteiger partial charge in [-0.1, -0.05) is 30.3 Å². The van der Waals surface area contributed by atoms with Crippen LogP contribution in [0.5, 0.6) is 0 Å². The van der Waals surface area contributed by atoms with Crippen molar-refractivity contribution in [2.45, 2.75) is 31.8 Å². The van der Waals surface area contributed by atoms with Crippen molar-refractivity contribution in [3.8, 4) is 11.1 Å². The average molecular weight is 351 g/mol. The largest absolute Gasteiger partial charge is 0.396 e. The van der Waals surface area contributed by atoms with Gasteiger partial charge in [0.2, 0.25) is 0 Å². The van der Waals surface area contributed by atoms with Gasteiger partial charge >= 0.3 is 0 Å². The zero-order valence-corrected chi connectivity index (χ0v) is 15.6. The van der Waals surface area contributed by atoms with Crippen molar-refractivity contribution in [1.82, 2.24) is 14.8 Å². The van der Waals surface area contributed by atoms with Crippen molar-refractivity contribution in [3.05, 3.63) is 54.4 Å². The Bertz CT molecular complexity index is 718. The van der Waals surface area contributed by atoms with Gasteiger partial charge in [0.15, 0.2) is 0 Å². The SMILES string of the molecule is CN1CCC[C@]2(CO)CCN(Cc3ccc(-c4cccnc4)cc3)C[C@@H]12. The van der Waals surface area contributed by atoms with Crippen molar-refractivity contribution in [1.29, 1.82) is 0 Å². The van der Waals surface area contributed by atoms with Crippen LogP contribution in [0.15, 0.2) is 48.8 Å². The van der Waals surface area contributed by atoms with E-state index in [0.717, 1.165) is 38.2 Å². The monoisotopic (exact) mass is 351 g/mol. The molecule has 1 aromatic heterocycles. The molecule has 4 rings (SSSR count). The highest BCUT2D eigenvalue weighted by Gasteiger charge is 2.46. The van der Waals surface area contributed by atoms with Crippen molar-refractivity contribution in [2.75, 3.05) is 33.3 Å². The van der Waals surface area contributed by atoms with E-state index in [-0.39, 0.29) is 5.41 Å². The lowest BCUT2D eigenvalue weighted by Gasteiger charge is -2.53. The Morgan fingerprint density at radius 1 is 1.12 bits per heavy atom. The number of likely N-dealkylation sites (tertiary alicyclic amines) is 2. The van der Waals surface area contributed by atoms with Crippen LogP contribution in [-0.4, -0.2) is 59.2 Å². The van der Waals surface area contributed by atoms with E-state index in [2.05, 4.69) is 52.2 Å². The maximum absolute atomic E-state index is 10.1. The van der Waals surface area contributed by atoms with Crippen molar-refractivity contribution in [2.24, 2.45) is 5.41 Å². The third-order valence-corrected chi connectivity index (χ3v) is 6.45. The van der Waals surface area contributed by atoms with E-state index < -0.39 is 0 Å². The molecule has 0 spiro atoms. The lowest BCUT2D eigenvalue weighted by Crippen LogP contribution is -2.61. The standard InChI is InChI=1S/C22H29N3O/c1-24-12-3-9-22(17-26)10-13-25(16-21(22)24)15-18-5-7-19(8-6-18)20-4-2-11-23-14-20/h2,4-8,11,14,21,26H,3,9-10,12-13,15-17H2,1H3/t21-,22-/m1/s1. The molecule has 0 radical (unpaired) electrons. The molecule has 1 aromatic carbocycles. The number of hydrogen-bond donors (Lipinski definition) is 1. The van der Waals surface area contributed by atoms with Crippen LogP contribution < -0.4 is 0 Å². The minimum absolute atomic E-state index is 0.119. The first-order chi connectivity index (χ1) is 12.7. The van der Waals surface area contributed by atoms with Gasteiger partial charge in [0.1, 0.15) is 0 Å². The van der Waals surface area contributed by atoms with Crippen LogP contribution in [0.2, 0.25) is 0 Å². The Labute approximate surface area is 156 Å². The predicted octanol–water partition coefficient (Wildman–Crippen LogP) is 3.03. The summed E-state index contributed by atoms with van der Waals surface area (Å²) in [6.45, 7) is 4.60. The van der Waals surface area contributed by atoms with Gasteiger partial charge in [-0.05, 0) is 62.2 Å². The highest BCUT2D eigenvalue weighted by atomic mass is 16.3. The molecule has 2 aliphatic rings. The van der Waals surface area contributed by atoms with Gasteiger partial charge in [0, 0.05) is 36.9 Å².